The van der Waals surface area contributed by atoms with Crippen LogP contribution in [-0.4, -0.2) is 67.8 Å². The van der Waals surface area contributed by atoms with Crippen LogP contribution in [0.4, 0.5) is 4.79 Å². The lowest BCUT2D eigenvalue weighted by Gasteiger charge is -2.40. The fraction of sp³-hybridized carbons (Fsp3) is 0.400. The van der Waals surface area contributed by atoms with E-state index in [1.807, 2.05) is 0 Å². The smallest absolute Gasteiger partial charge is 0.423 e. The van der Waals surface area contributed by atoms with Gasteiger partial charge in [-0.2, -0.15) is 4.79 Å². The normalized spacial score (nSPS) is 24.0. The van der Waals surface area contributed by atoms with Crippen molar-refractivity contribution in [1.82, 2.24) is 4.90 Å². The summed E-state index contributed by atoms with van der Waals surface area (Å²) in [5, 5.41) is 0. The van der Waals surface area contributed by atoms with Gasteiger partial charge in [-0.25, -0.2) is 4.48 Å². The summed E-state index contributed by atoms with van der Waals surface area (Å²) >= 11 is 0. The molecule has 2 aliphatic heterocycles. The predicted molar refractivity (Wildman–Crippen MR) is 143 cm³/mol. The van der Waals surface area contributed by atoms with Crippen molar-refractivity contribution in [2.75, 3.05) is 46.4 Å². The molecule has 2 amide bonds. The standard InChI is InChI=1S/C30H35N3O3/c1-36-30(35)33(19-14-25(15-20-33)29(31)34)21-18-32-16-12-24(13-17-32)28-26-8-4-2-6-22(26)10-11-23-7-3-5-9-27(23)28/h2-11,25H,12-21H2,1H3,(H-,31,34)/p+1. The number of benzene rings is 2. The first kappa shape index (κ1) is 24.5. The molecule has 6 nitrogen and oxygen atoms in total. The number of methoxy groups -OCH3 is 1. The maximum atomic E-state index is 12.8. The van der Waals surface area contributed by atoms with E-state index in [0.29, 0.717) is 32.5 Å². The number of ether oxygens (including phenoxy) is 1. The van der Waals surface area contributed by atoms with Crippen molar-refractivity contribution < 1.29 is 18.8 Å². The minimum atomic E-state index is -0.258. The van der Waals surface area contributed by atoms with E-state index >= 15 is 0 Å². The van der Waals surface area contributed by atoms with E-state index in [4.69, 9.17) is 10.5 Å². The number of carbonyl (C=O) groups excluding carboxylic acids is 2. The van der Waals surface area contributed by atoms with Crippen LogP contribution in [-0.2, 0) is 9.53 Å². The van der Waals surface area contributed by atoms with Gasteiger partial charge in [-0.15, -0.1) is 0 Å². The molecule has 0 radical (unpaired) electrons. The summed E-state index contributed by atoms with van der Waals surface area (Å²) < 4.78 is 5.48. The molecule has 2 N–H and O–H groups in total. The first-order valence-corrected chi connectivity index (χ1v) is 13.1. The number of fused-ring (bicyclic) bond motifs is 2. The fourth-order valence-corrected chi connectivity index (χ4v) is 6.11. The average Bonchev–Trinajstić information content (AvgIpc) is 3.09. The molecule has 2 saturated heterocycles. The van der Waals surface area contributed by atoms with Gasteiger partial charge in [0, 0.05) is 38.4 Å². The van der Waals surface area contributed by atoms with Crippen LogP contribution in [0.5, 0.6) is 0 Å². The number of piperidine rings is 2. The molecule has 2 heterocycles. The number of amides is 2. The number of rotatable bonds is 4. The van der Waals surface area contributed by atoms with Gasteiger partial charge < -0.3 is 10.5 Å². The van der Waals surface area contributed by atoms with E-state index in [-0.39, 0.29) is 22.4 Å². The molecule has 0 unspecified atom stereocenters. The van der Waals surface area contributed by atoms with E-state index in [1.54, 1.807) is 0 Å². The van der Waals surface area contributed by atoms with Crippen LogP contribution in [0.1, 0.15) is 47.9 Å². The Morgan fingerprint density at radius 1 is 0.944 bits per heavy atom. The lowest BCUT2D eigenvalue weighted by Crippen LogP contribution is -2.60. The Bertz CT molecular complexity index is 1150. The number of likely N-dealkylation sites (tertiary alicyclic amines) is 2. The molecule has 0 aromatic heterocycles. The van der Waals surface area contributed by atoms with Crippen LogP contribution >= 0.6 is 0 Å². The molecule has 188 valence electrons. The highest BCUT2D eigenvalue weighted by Crippen LogP contribution is 2.38. The van der Waals surface area contributed by atoms with Gasteiger partial charge in [0.25, 0.3) is 0 Å². The van der Waals surface area contributed by atoms with Crippen LogP contribution in [0.15, 0.2) is 54.1 Å². The largest absolute Gasteiger partial charge is 0.515 e. The zero-order valence-corrected chi connectivity index (χ0v) is 21.1. The van der Waals surface area contributed by atoms with Gasteiger partial charge in [0.1, 0.15) is 6.54 Å². The third-order valence-corrected chi connectivity index (χ3v) is 8.34. The fourth-order valence-electron chi connectivity index (χ4n) is 6.11. The maximum Gasteiger partial charge on any atom is 0.515 e. The zero-order chi connectivity index (χ0) is 25.1. The Hall–Kier alpha value is -3.22. The molecule has 1 aliphatic carbocycles. The lowest BCUT2D eigenvalue weighted by atomic mass is 9.86. The molecule has 0 atom stereocenters. The topological polar surface area (TPSA) is 72.6 Å². The van der Waals surface area contributed by atoms with Crippen LogP contribution < -0.4 is 5.73 Å². The molecule has 0 spiro atoms. The van der Waals surface area contributed by atoms with Crippen molar-refractivity contribution in [1.29, 1.82) is 0 Å². The Morgan fingerprint density at radius 3 is 2.03 bits per heavy atom. The van der Waals surface area contributed by atoms with E-state index < -0.39 is 0 Å². The van der Waals surface area contributed by atoms with Gasteiger partial charge in [0.05, 0.1) is 20.2 Å². The summed E-state index contributed by atoms with van der Waals surface area (Å²) in [4.78, 5) is 26.9. The lowest BCUT2D eigenvalue weighted by molar-refractivity contribution is -0.863. The number of hydrogen-bond donors (Lipinski definition) is 1. The van der Waals surface area contributed by atoms with Crippen molar-refractivity contribution in [2.24, 2.45) is 11.7 Å². The van der Waals surface area contributed by atoms with Gasteiger partial charge >= 0.3 is 6.09 Å². The average molecular weight is 487 g/mol. The second kappa shape index (κ2) is 10.4. The molecule has 2 aromatic rings. The Kier molecular flexibility index (Phi) is 7.08. The molecule has 2 fully saturated rings. The molecular weight excluding hydrogens is 450 g/mol. The molecule has 36 heavy (non-hydrogen) atoms. The SMILES string of the molecule is COC(=O)[N+]1(CCN2CCC(=C3c4ccccc4C=Cc4ccccc43)CC2)CCC(C(N)=O)CC1. The Labute approximate surface area is 213 Å². The first-order valence-electron chi connectivity index (χ1n) is 13.1. The summed E-state index contributed by atoms with van der Waals surface area (Å²) in [5.74, 6) is -0.393. The van der Waals surface area contributed by atoms with Crippen molar-refractivity contribution >= 4 is 29.7 Å². The molecule has 0 saturated carbocycles. The first-order chi connectivity index (χ1) is 17.5. The van der Waals surface area contributed by atoms with E-state index in [0.717, 1.165) is 32.5 Å². The molecule has 2 aromatic carbocycles. The minimum absolute atomic E-state index is 0.134. The van der Waals surface area contributed by atoms with Crippen LogP contribution in [0, 0.1) is 5.92 Å². The second-order valence-corrected chi connectivity index (χ2v) is 10.3. The Balaban J connectivity index is 1.31. The summed E-state index contributed by atoms with van der Waals surface area (Å²) in [6.45, 7) is 4.73. The number of carbonyl (C=O) groups is 2. The van der Waals surface area contributed by atoms with E-state index in [1.165, 1.54) is 40.5 Å². The van der Waals surface area contributed by atoms with Gasteiger partial charge in [0.15, 0.2) is 0 Å². The van der Waals surface area contributed by atoms with Crippen LogP contribution in [0.2, 0.25) is 0 Å². The molecule has 6 heteroatoms. The maximum absolute atomic E-state index is 12.8. The summed E-state index contributed by atoms with van der Waals surface area (Å²) in [6, 6.07) is 17.4. The number of primary amides is 1. The van der Waals surface area contributed by atoms with Gasteiger partial charge in [-0.05, 0) is 40.7 Å². The summed E-state index contributed by atoms with van der Waals surface area (Å²) in [7, 11) is 1.46. The number of nitrogens with two attached hydrogens (primary N) is 1. The van der Waals surface area contributed by atoms with Gasteiger partial charge in [-0.3, -0.25) is 9.69 Å². The van der Waals surface area contributed by atoms with Crippen molar-refractivity contribution in [3.05, 3.63) is 76.4 Å². The third-order valence-electron chi connectivity index (χ3n) is 8.34. The Morgan fingerprint density at radius 2 is 1.50 bits per heavy atom. The highest BCUT2D eigenvalue weighted by Gasteiger charge is 2.43. The predicted octanol–water partition coefficient (Wildman–Crippen LogP) is 4.55. The van der Waals surface area contributed by atoms with Gasteiger partial charge in [0.2, 0.25) is 5.91 Å². The number of hydrogen-bond acceptors (Lipinski definition) is 4. The molecule has 0 bridgehead atoms. The highest BCUT2D eigenvalue weighted by atomic mass is 16.5. The summed E-state index contributed by atoms with van der Waals surface area (Å²) in [6.07, 6.45) is 7.58. The molecule has 3 aliphatic rings. The zero-order valence-electron chi connectivity index (χ0n) is 21.1. The van der Waals surface area contributed by atoms with Crippen molar-refractivity contribution in [2.45, 2.75) is 25.7 Å². The van der Waals surface area contributed by atoms with Crippen molar-refractivity contribution in [3.63, 3.8) is 0 Å². The quantitative estimate of drug-likeness (QED) is 0.550. The second-order valence-electron chi connectivity index (χ2n) is 10.3. The molecule has 5 rings (SSSR count). The van der Waals surface area contributed by atoms with Crippen molar-refractivity contribution in [3.8, 4) is 0 Å². The minimum Gasteiger partial charge on any atom is -0.423 e. The van der Waals surface area contributed by atoms with E-state index in [9.17, 15) is 9.59 Å². The van der Waals surface area contributed by atoms with Gasteiger partial charge in [-0.1, -0.05) is 66.3 Å². The van der Waals surface area contributed by atoms with E-state index in [2.05, 4.69) is 65.6 Å². The summed E-state index contributed by atoms with van der Waals surface area (Å²) in [5.41, 5.74) is 13.6. The van der Waals surface area contributed by atoms with Crippen LogP contribution in [0.25, 0.3) is 17.7 Å². The number of quaternary nitrogens is 1. The molecular formula is C30H36N3O3+. The number of nitrogens with zero attached hydrogens (tertiary/aromatic N) is 2. The third kappa shape index (κ3) is 4.75. The van der Waals surface area contributed by atoms with Crippen LogP contribution in [0.3, 0.4) is 0 Å². The highest BCUT2D eigenvalue weighted by molar-refractivity contribution is 5.94. The monoisotopic (exact) mass is 486 g/mol.